The largest absolute Gasteiger partial charge is 0.496 e. The second-order valence-corrected chi connectivity index (χ2v) is 5.43. The van der Waals surface area contributed by atoms with Crippen LogP contribution in [0.3, 0.4) is 0 Å². The summed E-state index contributed by atoms with van der Waals surface area (Å²) >= 11 is 0. The Hall–Kier alpha value is -1.59. The number of hydrogen-bond acceptors (Lipinski definition) is 4. The summed E-state index contributed by atoms with van der Waals surface area (Å²) in [5.74, 6) is 0.242. The molecule has 5 heteroatoms. The SMILES string of the molecule is COc1ccccc1CN1CCN(CCCC(=O)O)CC1. The van der Waals surface area contributed by atoms with Gasteiger partial charge >= 0.3 is 5.97 Å². The van der Waals surface area contributed by atoms with Gasteiger partial charge in [0.25, 0.3) is 0 Å². The number of aliphatic carboxylic acids is 1. The Kier molecular flexibility index (Phi) is 6.02. The summed E-state index contributed by atoms with van der Waals surface area (Å²) in [7, 11) is 1.71. The molecule has 0 bridgehead atoms. The van der Waals surface area contributed by atoms with E-state index in [9.17, 15) is 4.79 Å². The molecule has 21 heavy (non-hydrogen) atoms. The molecule has 2 rings (SSSR count). The Morgan fingerprint density at radius 2 is 1.86 bits per heavy atom. The van der Waals surface area contributed by atoms with E-state index in [0.29, 0.717) is 0 Å². The number of nitrogens with zero attached hydrogens (tertiary/aromatic N) is 2. The molecule has 0 radical (unpaired) electrons. The van der Waals surface area contributed by atoms with Gasteiger partial charge in [-0.1, -0.05) is 18.2 Å². The molecule has 1 N–H and O–H groups in total. The number of carbonyl (C=O) groups is 1. The van der Waals surface area contributed by atoms with Crippen LogP contribution in [0.2, 0.25) is 0 Å². The minimum atomic E-state index is -0.704. The van der Waals surface area contributed by atoms with Crippen molar-refractivity contribution in [3.63, 3.8) is 0 Å². The van der Waals surface area contributed by atoms with Crippen LogP contribution in [0, 0.1) is 0 Å². The Bertz CT molecular complexity index is 457. The predicted molar refractivity (Wildman–Crippen MR) is 81.6 cm³/mol. The van der Waals surface area contributed by atoms with Crippen molar-refractivity contribution in [2.24, 2.45) is 0 Å². The lowest BCUT2D eigenvalue weighted by atomic mass is 10.1. The molecule has 0 amide bonds. The molecule has 1 fully saturated rings. The van der Waals surface area contributed by atoms with Crippen molar-refractivity contribution in [2.45, 2.75) is 19.4 Å². The third-order valence-electron chi connectivity index (χ3n) is 3.92. The van der Waals surface area contributed by atoms with Gasteiger partial charge in [0.15, 0.2) is 0 Å². The average molecular weight is 292 g/mol. The van der Waals surface area contributed by atoms with Crippen LogP contribution in [0.25, 0.3) is 0 Å². The molecule has 1 saturated heterocycles. The zero-order valence-corrected chi connectivity index (χ0v) is 12.6. The molecule has 0 saturated carbocycles. The Balaban J connectivity index is 1.75. The van der Waals surface area contributed by atoms with E-state index in [2.05, 4.69) is 15.9 Å². The summed E-state index contributed by atoms with van der Waals surface area (Å²) in [5.41, 5.74) is 1.22. The van der Waals surface area contributed by atoms with Crippen LogP contribution >= 0.6 is 0 Å². The summed E-state index contributed by atoms with van der Waals surface area (Å²) in [6, 6.07) is 8.14. The van der Waals surface area contributed by atoms with E-state index < -0.39 is 5.97 Å². The first-order valence-electron chi connectivity index (χ1n) is 7.47. The van der Waals surface area contributed by atoms with Gasteiger partial charge in [-0.15, -0.1) is 0 Å². The highest BCUT2D eigenvalue weighted by Crippen LogP contribution is 2.19. The standard InChI is InChI=1S/C16H24N2O3/c1-21-15-6-3-2-5-14(15)13-18-11-9-17(10-12-18)8-4-7-16(19)20/h2-3,5-6H,4,7-13H2,1H3,(H,19,20). The molecule has 0 spiro atoms. The van der Waals surface area contributed by atoms with Crippen molar-refractivity contribution in [3.8, 4) is 5.75 Å². The summed E-state index contributed by atoms with van der Waals surface area (Å²) < 4.78 is 5.39. The van der Waals surface area contributed by atoms with E-state index >= 15 is 0 Å². The molecule has 0 atom stereocenters. The van der Waals surface area contributed by atoms with Crippen molar-refractivity contribution >= 4 is 5.97 Å². The second-order valence-electron chi connectivity index (χ2n) is 5.43. The third kappa shape index (κ3) is 5.02. The summed E-state index contributed by atoms with van der Waals surface area (Å²) in [4.78, 5) is 15.3. The topological polar surface area (TPSA) is 53.0 Å². The van der Waals surface area contributed by atoms with Crippen LogP contribution in [0.1, 0.15) is 18.4 Å². The van der Waals surface area contributed by atoms with Crippen LogP contribution < -0.4 is 4.74 Å². The number of carboxylic acid groups (broad SMARTS) is 1. The average Bonchev–Trinajstić information content (AvgIpc) is 2.49. The normalized spacial score (nSPS) is 16.8. The van der Waals surface area contributed by atoms with E-state index in [1.54, 1.807) is 7.11 Å². The smallest absolute Gasteiger partial charge is 0.303 e. The number of para-hydroxylation sites is 1. The molecule has 0 aromatic heterocycles. The van der Waals surface area contributed by atoms with Gasteiger partial charge in [0.2, 0.25) is 0 Å². The third-order valence-corrected chi connectivity index (χ3v) is 3.92. The maximum atomic E-state index is 10.5. The Labute approximate surface area is 126 Å². The molecule has 1 aliphatic heterocycles. The first kappa shape index (κ1) is 15.8. The first-order chi connectivity index (χ1) is 10.2. The maximum absolute atomic E-state index is 10.5. The summed E-state index contributed by atoms with van der Waals surface area (Å²) in [6.45, 7) is 5.85. The number of ether oxygens (including phenoxy) is 1. The molecule has 0 aliphatic carbocycles. The first-order valence-corrected chi connectivity index (χ1v) is 7.47. The van der Waals surface area contributed by atoms with Crippen LogP contribution in [-0.2, 0) is 11.3 Å². The van der Waals surface area contributed by atoms with Crippen molar-refractivity contribution in [2.75, 3.05) is 39.8 Å². The van der Waals surface area contributed by atoms with Crippen LogP contribution in [-0.4, -0.2) is 60.7 Å². The van der Waals surface area contributed by atoms with Gasteiger partial charge in [-0.25, -0.2) is 0 Å². The molecular formula is C16H24N2O3. The number of benzene rings is 1. The fourth-order valence-corrected chi connectivity index (χ4v) is 2.70. The highest BCUT2D eigenvalue weighted by molar-refractivity contribution is 5.66. The van der Waals surface area contributed by atoms with Gasteiger partial charge in [0.1, 0.15) is 5.75 Å². The Morgan fingerprint density at radius 3 is 2.52 bits per heavy atom. The summed E-state index contributed by atoms with van der Waals surface area (Å²) in [6.07, 6.45) is 1.00. The van der Waals surface area contributed by atoms with Gasteiger partial charge < -0.3 is 14.7 Å². The lowest BCUT2D eigenvalue weighted by Crippen LogP contribution is -2.46. The molecule has 1 aromatic rings. The van der Waals surface area contributed by atoms with Crippen LogP contribution in [0.4, 0.5) is 0 Å². The highest BCUT2D eigenvalue weighted by Gasteiger charge is 2.17. The quantitative estimate of drug-likeness (QED) is 0.828. The van der Waals surface area contributed by atoms with E-state index in [1.165, 1.54) is 5.56 Å². The maximum Gasteiger partial charge on any atom is 0.303 e. The van der Waals surface area contributed by atoms with Gasteiger partial charge in [-0.05, 0) is 19.0 Å². The molecule has 1 aliphatic rings. The van der Waals surface area contributed by atoms with Gasteiger partial charge in [0.05, 0.1) is 7.11 Å². The molecule has 1 aromatic carbocycles. The van der Waals surface area contributed by atoms with Crippen molar-refractivity contribution in [3.05, 3.63) is 29.8 Å². The summed E-state index contributed by atoms with van der Waals surface area (Å²) in [5, 5.41) is 8.66. The monoisotopic (exact) mass is 292 g/mol. The predicted octanol–water partition coefficient (Wildman–Crippen LogP) is 1.68. The van der Waals surface area contributed by atoms with E-state index in [0.717, 1.165) is 51.4 Å². The minimum Gasteiger partial charge on any atom is -0.496 e. The lowest BCUT2D eigenvalue weighted by Gasteiger charge is -2.34. The number of piperazine rings is 1. The zero-order chi connectivity index (χ0) is 15.1. The molecular weight excluding hydrogens is 268 g/mol. The lowest BCUT2D eigenvalue weighted by molar-refractivity contribution is -0.137. The van der Waals surface area contributed by atoms with E-state index in [1.807, 2.05) is 18.2 Å². The van der Waals surface area contributed by atoms with Crippen molar-refractivity contribution in [1.29, 1.82) is 0 Å². The number of carboxylic acids is 1. The molecule has 0 unspecified atom stereocenters. The van der Waals surface area contributed by atoms with Crippen LogP contribution in [0.5, 0.6) is 5.75 Å². The van der Waals surface area contributed by atoms with Gasteiger partial charge in [-0.2, -0.15) is 0 Å². The second kappa shape index (κ2) is 8.00. The fourth-order valence-electron chi connectivity index (χ4n) is 2.70. The van der Waals surface area contributed by atoms with E-state index in [-0.39, 0.29) is 6.42 Å². The van der Waals surface area contributed by atoms with Crippen LogP contribution in [0.15, 0.2) is 24.3 Å². The van der Waals surface area contributed by atoms with Crippen molar-refractivity contribution in [1.82, 2.24) is 9.80 Å². The van der Waals surface area contributed by atoms with Crippen molar-refractivity contribution < 1.29 is 14.6 Å². The van der Waals surface area contributed by atoms with E-state index in [4.69, 9.17) is 9.84 Å². The number of hydrogen-bond donors (Lipinski definition) is 1. The van der Waals surface area contributed by atoms with Gasteiger partial charge in [-0.3, -0.25) is 9.69 Å². The highest BCUT2D eigenvalue weighted by atomic mass is 16.5. The molecule has 116 valence electrons. The molecule has 1 heterocycles. The fraction of sp³-hybridized carbons (Fsp3) is 0.562. The zero-order valence-electron chi connectivity index (χ0n) is 12.6. The number of methoxy groups -OCH3 is 1. The number of rotatable bonds is 7. The van der Waals surface area contributed by atoms with Gasteiger partial charge in [0, 0.05) is 44.7 Å². The minimum absolute atomic E-state index is 0.265. The molecule has 5 nitrogen and oxygen atoms in total. The Morgan fingerprint density at radius 1 is 1.19 bits per heavy atom.